The molecule has 1 saturated heterocycles. The van der Waals surface area contributed by atoms with Crippen molar-refractivity contribution in [3.8, 4) is 0 Å². The van der Waals surface area contributed by atoms with E-state index in [1.807, 2.05) is 19.1 Å². The lowest BCUT2D eigenvalue weighted by Gasteiger charge is -2.38. The Labute approximate surface area is 145 Å². The summed E-state index contributed by atoms with van der Waals surface area (Å²) in [4.78, 5) is 13.5. The van der Waals surface area contributed by atoms with Crippen LogP contribution in [0.1, 0.15) is 18.5 Å². The fraction of sp³-hybridized carbons (Fsp3) is 0.412. The first-order chi connectivity index (χ1) is 11.7. The van der Waals surface area contributed by atoms with Gasteiger partial charge in [-0.2, -0.15) is 5.10 Å². The molecule has 6 nitrogen and oxygen atoms in total. The molecule has 3 aromatic heterocycles. The number of piperidine rings is 1. The maximum Gasteiger partial charge on any atom is 0.151 e. The van der Waals surface area contributed by atoms with Crippen molar-refractivity contribution in [2.75, 3.05) is 29.9 Å². The lowest BCUT2D eigenvalue weighted by molar-refractivity contribution is 0.483. The Balaban J connectivity index is 1.57. The van der Waals surface area contributed by atoms with Crippen LogP contribution in [0.4, 0.5) is 11.6 Å². The summed E-state index contributed by atoms with van der Waals surface area (Å²) in [5.41, 5.74) is 1.97. The first-order valence-electron chi connectivity index (χ1n) is 8.18. The Morgan fingerprint density at radius 3 is 2.96 bits per heavy atom. The molecule has 0 radical (unpaired) electrons. The van der Waals surface area contributed by atoms with E-state index in [1.165, 1.54) is 0 Å². The summed E-state index contributed by atoms with van der Waals surface area (Å²) in [5, 5.41) is 10.6. The Morgan fingerprint density at radius 2 is 2.12 bits per heavy atom. The monoisotopic (exact) mass is 340 g/mol. The van der Waals surface area contributed by atoms with Crippen LogP contribution in [0.25, 0.3) is 10.2 Å². The average molecular weight is 340 g/mol. The van der Waals surface area contributed by atoms with E-state index in [2.05, 4.69) is 48.5 Å². The van der Waals surface area contributed by atoms with Crippen molar-refractivity contribution in [2.45, 2.75) is 25.8 Å². The molecule has 1 fully saturated rings. The minimum Gasteiger partial charge on any atom is -0.354 e. The average Bonchev–Trinajstić information content (AvgIpc) is 3.10. The molecule has 0 amide bonds. The van der Waals surface area contributed by atoms with Gasteiger partial charge >= 0.3 is 0 Å². The molecule has 4 rings (SSSR count). The van der Waals surface area contributed by atoms with Crippen LogP contribution in [0.3, 0.4) is 0 Å². The van der Waals surface area contributed by atoms with Gasteiger partial charge in [0.15, 0.2) is 5.82 Å². The molecule has 24 heavy (non-hydrogen) atoms. The highest BCUT2D eigenvalue weighted by Gasteiger charge is 2.26. The number of anilines is 2. The molecular formula is C17H20N6S. The van der Waals surface area contributed by atoms with Gasteiger partial charge in [0.1, 0.15) is 12.1 Å². The summed E-state index contributed by atoms with van der Waals surface area (Å²) in [7, 11) is 2.14. The van der Waals surface area contributed by atoms with Crippen LogP contribution < -0.4 is 9.80 Å². The van der Waals surface area contributed by atoms with Gasteiger partial charge in [-0.25, -0.2) is 9.97 Å². The van der Waals surface area contributed by atoms with Crippen molar-refractivity contribution >= 4 is 33.2 Å². The van der Waals surface area contributed by atoms with E-state index in [0.717, 1.165) is 53.5 Å². The van der Waals surface area contributed by atoms with Crippen LogP contribution in [0.5, 0.6) is 0 Å². The van der Waals surface area contributed by atoms with Crippen molar-refractivity contribution in [2.24, 2.45) is 0 Å². The second kappa shape index (κ2) is 6.32. The number of hydrogen-bond donors (Lipinski definition) is 0. The summed E-state index contributed by atoms with van der Waals surface area (Å²) in [5.74, 6) is 1.99. The first-order valence-corrected chi connectivity index (χ1v) is 9.06. The van der Waals surface area contributed by atoms with Gasteiger partial charge in [0.25, 0.3) is 0 Å². The number of thiophene rings is 1. The highest BCUT2D eigenvalue weighted by Crippen LogP contribution is 2.30. The van der Waals surface area contributed by atoms with E-state index < -0.39 is 0 Å². The van der Waals surface area contributed by atoms with Crippen molar-refractivity contribution in [1.82, 2.24) is 20.2 Å². The highest BCUT2D eigenvalue weighted by molar-refractivity contribution is 7.17. The first kappa shape index (κ1) is 15.3. The third-order valence-corrected chi connectivity index (χ3v) is 5.51. The topological polar surface area (TPSA) is 58.0 Å². The van der Waals surface area contributed by atoms with Gasteiger partial charge in [0.2, 0.25) is 0 Å². The SMILES string of the molecule is Cc1ccc(N2CCC[C@H](N(C)c3ncnc4ccsc34)C2)nn1. The van der Waals surface area contributed by atoms with E-state index in [4.69, 9.17) is 0 Å². The Kier molecular flexibility index (Phi) is 4.02. The van der Waals surface area contributed by atoms with E-state index >= 15 is 0 Å². The molecule has 0 unspecified atom stereocenters. The van der Waals surface area contributed by atoms with Gasteiger partial charge in [0, 0.05) is 26.2 Å². The number of aryl methyl sites for hydroxylation is 1. The fourth-order valence-electron chi connectivity index (χ4n) is 3.24. The van der Waals surface area contributed by atoms with E-state index in [0.29, 0.717) is 6.04 Å². The van der Waals surface area contributed by atoms with Crippen molar-refractivity contribution < 1.29 is 0 Å². The predicted molar refractivity (Wildman–Crippen MR) is 97.8 cm³/mol. The van der Waals surface area contributed by atoms with Crippen LogP contribution in [0.2, 0.25) is 0 Å². The number of nitrogens with zero attached hydrogens (tertiary/aromatic N) is 6. The second-order valence-electron chi connectivity index (χ2n) is 6.22. The molecule has 0 saturated carbocycles. The maximum absolute atomic E-state index is 4.54. The summed E-state index contributed by atoms with van der Waals surface area (Å²) >= 11 is 1.70. The molecule has 0 aromatic carbocycles. The van der Waals surface area contributed by atoms with Crippen LogP contribution in [0.15, 0.2) is 29.9 Å². The van der Waals surface area contributed by atoms with Gasteiger partial charge in [-0.3, -0.25) is 0 Å². The molecule has 0 spiro atoms. The minimum atomic E-state index is 0.405. The van der Waals surface area contributed by atoms with Crippen molar-refractivity contribution in [1.29, 1.82) is 0 Å². The Bertz CT molecular complexity index is 830. The highest BCUT2D eigenvalue weighted by atomic mass is 32.1. The third-order valence-electron chi connectivity index (χ3n) is 4.61. The van der Waals surface area contributed by atoms with Crippen LogP contribution in [0, 0.1) is 6.92 Å². The molecule has 3 aromatic rings. The Morgan fingerprint density at radius 1 is 1.21 bits per heavy atom. The number of aromatic nitrogens is 4. The van der Waals surface area contributed by atoms with Gasteiger partial charge < -0.3 is 9.80 Å². The third kappa shape index (κ3) is 2.80. The van der Waals surface area contributed by atoms with Crippen LogP contribution in [-0.2, 0) is 0 Å². The number of hydrogen-bond acceptors (Lipinski definition) is 7. The Hall–Kier alpha value is -2.28. The largest absolute Gasteiger partial charge is 0.354 e. The van der Waals surface area contributed by atoms with E-state index in [1.54, 1.807) is 17.7 Å². The van der Waals surface area contributed by atoms with Crippen LogP contribution >= 0.6 is 11.3 Å². The van der Waals surface area contributed by atoms with Crippen molar-refractivity contribution in [3.05, 3.63) is 35.6 Å². The molecule has 0 aliphatic carbocycles. The molecule has 0 N–H and O–H groups in total. The normalized spacial score (nSPS) is 18.1. The lowest BCUT2D eigenvalue weighted by Crippen LogP contribution is -2.47. The van der Waals surface area contributed by atoms with Gasteiger partial charge in [-0.05, 0) is 43.3 Å². The zero-order valence-corrected chi connectivity index (χ0v) is 14.7. The lowest BCUT2D eigenvalue weighted by atomic mass is 10.0. The summed E-state index contributed by atoms with van der Waals surface area (Å²) < 4.78 is 1.16. The molecule has 1 atom stereocenters. The number of fused-ring (bicyclic) bond motifs is 1. The molecule has 1 aliphatic heterocycles. The van der Waals surface area contributed by atoms with E-state index in [-0.39, 0.29) is 0 Å². The molecular weight excluding hydrogens is 320 g/mol. The number of rotatable bonds is 3. The summed E-state index contributed by atoms with van der Waals surface area (Å²) in [6, 6.07) is 6.54. The van der Waals surface area contributed by atoms with Gasteiger partial charge in [-0.1, -0.05) is 0 Å². The van der Waals surface area contributed by atoms with Crippen molar-refractivity contribution in [3.63, 3.8) is 0 Å². The molecule has 0 bridgehead atoms. The maximum atomic E-state index is 4.54. The molecule has 124 valence electrons. The fourth-order valence-corrected chi connectivity index (χ4v) is 4.12. The second-order valence-corrected chi connectivity index (χ2v) is 7.13. The minimum absolute atomic E-state index is 0.405. The quantitative estimate of drug-likeness (QED) is 0.731. The molecule has 7 heteroatoms. The smallest absolute Gasteiger partial charge is 0.151 e. The zero-order chi connectivity index (χ0) is 16.5. The summed E-state index contributed by atoms with van der Waals surface area (Å²) in [6.45, 7) is 3.93. The molecule has 1 aliphatic rings. The predicted octanol–water partition coefficient (Wildman–Crippen LogP) is 2.89. The van der Waals surface area contributed by atoms with Gasteiger partial charge in [0.05, 0.1) is 15.9 Å². The van der Waals surface area contributed by atoms with Gasteiger partial charge in [-0.15, -0.1) is 16.4 Å². The zero-order valence-electron chi connectivity index (χ0n) is 13.9. The standard InChI is InChI=1S/C17H20N6S/c1-12-5-6-15(21-20-12)23-8-3-4-13(10-23)22(2)17-16-14(7-9-24-16)18-11-19-17/h5-7,9,11,13H,3-4,8,10H2,1-2H3/t13-/m0/s1. The van der Waals surface area contributed by atoms with Crippen LogP contribution in [-0.4, -0.2) is 46.3 Å². The summed E-state index contributed by atoms with van der Waals surface area (Å²) in [6.07, 6.45) is 3.96. The molecule has 4 heterocycles. The van der Waals surface area contributed by atoms with E-state index in [9.17, 15) is 0 Å². The number of likely N-dealkylation sites (N-methyl/N-ethyl adjacent to an activating group) is 1.